The molecule has 0 aliphatic heterocycles. The van der Waals surface area contributed by atoms with Crippen LogP contribution in [0.4, 0.5) is 0 Å². The van der Waals surface area contributed by atoms with Gasteiger partial charge in [-0.1, -0.05) is 48.8 Å². The lowest BCUT2D eigenvalue weighted by Crippen LogP contribution is -2.40. The van der Waals surface area contributed by atoms with Gasteiger partial charge in [0.1, 0.15) is 0 Å². The Kier molecular flexibility index (Phi) is 3.50. The average Bonchev–Trinajstić information content (AvgIpc) is 2.90. The van der Waals surface area contributed by atoms with Crippen molar-refractivity contribution in [3.05, 3.63) is 46.0 Å². The molecule has 1 saturated carbocycles. The van der Waals surface area contributed by atoms with Gasteiger partial charge in [0.25, 0.3) is 0 Å². The van der Waals surface area contributed by atoms with Crippen molar-refractivity contribution in [2.24, 2.45) is 5.41 Å². The summed E-state index contributed by atoms with van der Waals surface area (Å²) in [6.07, 6.45) is 9.23. The molecule has 4 rings (SSSR count). The average molecular weight is 310 g/mol. The Morgan fingerprint density at radius 2 is 2.00 bits per heavy atom. The first-order valence-corrected chi connectivity index (χ1v) is 9.38. The molecule has 1 nitrogen and oxygen atoms in total. The molecule has 0 N–H and O–H groups in total. The number of ether oxygens (including phenoxy) is 1. The van der Waals surface area contributed by atoms with Gasteiger partial charge in [0.15, 0.2) is 0 Å². The SMILES string of the molecule is CC[C@@]12CC[C@]3(C)C[C@H](OC)CC3=C1CCc1cc(C)ccc12. The molecule has 0 amide bonds. The van der Waals surface area contributed by atoms with E-state index in [1.807, 2.05) is 7.11 Å². The van der Waals surface area contributed by atoms with Crippen LogP contribution in [0.1, 0.15) is 69.1 Å². The quantitative estimate of drug-likeness (QED) is 0.656. The summed E-state index contributed by atoms with van der Waals surface area (Å²) >= 11 is 0. The van der Waals surface area contributed by atoms with Crippen molar-refractivity contribution in [2.45, 2.75) is 77.2 Å². The lowest BCUT2D eigenvalue weighted by atomic mass is 9.54. The number of rotatable bonds is 2. The van der Waals surface area contributed by atoms with Crippen LogP contribution in [0.5, 0.6) is 0 Å². The Labute approximate surface area is 141 Å². The van der Waals surface area contributed by atoms with Crippen LogP contribution in [0.3, 0.4) is 0 Å². The van der Waals surface area contributed by atoms with Gasteiger partial charge in [-0.25, -0.2) is 0 Å². The van der Waals surface area contributed by atoms with Gasteiger partial charge < -0.3 is 4.74 Å². The standard InChI is InChI=1S/C22H30O/c1-5-22-11-10-21(3)14-17(23-4)13-20(21)19(22)9-7-16-12-15(2)6-8-18(16)22/h6,8,12,17H,5,7,9-11,13-14H2,1-4H3/t17-,21-,22+/m1/s1. The topological polar surface area (TPSA) is 9.23 Å². The fourth-order valence-corrected chi connectivity index (χ4v) is 5.93. The minimum absolute atomic E-state index is 0.318. The maximum atomic E-state index is 5.77. The van der Waals surface area contributed by atoms with Gasteiger partial charge in [0.05, 0.1) is 6.10 Å². The molecule has 0 saturated heterocycles. The third-order valence-electron chi connectivity index (χ3n) is 7.24. The van der Waals surface area contributed by atoms with Crippen molar-refractivity contribution in [1.82, 2.24) is 0 Å². The van der Waals surface area contributed by atoms with E-state index in [1.165, 1.54) is 50.5 Å². The zero-order valence-electron chi connectivity index (χ0n) is 15.2. The van der Waals surface area contributed by atoms with Gasteiger partial charge in [-0.15, -0.1) is 0 Å². The Balaban J connectivity index is 1.89. The Morgan fingerprint density at radius 1 is 1.17 bits per heavy atom. The molecule has 0 spiro atoms. The number of fused-ring (bicyclic) bond motifs is 4. The molecule has 23 heavy (non-hydrogen) atoms. The summed E-state index contributed by atoms with van der Waals surface area (Å²) < 4.78 is 5.77. The van der Waals surface area contributed by atoms with Crippen LogP contribution < -0.4 is 0 Å². The highest BCUT2D eigenvalue weighted by Gasteiger charge is 2.51. The molecule has 0 aromatic heterocycles. The fourth-order valence-electron chi connectivity index (χ4n) is 5.93. The molecule has 1 aromatic rings. The largest absolute Gasteiger partial charge is 0.381 e. The predicted molar refractivity (Wildman–Crippen MR) is 95.9 cm³/mol. The number of aryl methyl sites for hydroxylation is 2. The summed E-state index contributed by atoms with van der Waals surface area (Å²) in [5, 5.41) is 0. The van der Waals surface area contributed by atoms with E-state index in [-0.39, 0.29) is 0 Å². The molecular weight excluding hydrogens is 280 g/mol. The van der Waals surface area contributed by atoms with E-state index in [9.17, 15) is 0 Å². The zero-order valence-corrected chi connectivity index (χ0v) is 15.2. The summed E-state index contributed by atoms with van der Waals surface area (Å²) in [5.74, 6) is 0. The van der Waals surface area contributed by atoms with Crippen molar-refractivity contribution in [3.63, 3.8) is 0 Å². The highest BCUT2D eigenvalue weighted by atomic mass is 16.5. The van der Waals surface area contributed by atoms with Gasteiger partial charge in [0, 0.05) is 12.5 Å². The number of hydrogen-bond acceptors (Lipinski definition) is 1. The molecule has 124 valence electrons. The number of allylic oxidation sites excluding steroid dienone is 1. The maximum Gasteiger partial charge on any atom is 0.0617 e. The first-order valence-electron chi connectivity index (χ1n) is 9.38. The third kappa shape index (κ3) is 2.09. The first-order chi connectivity index (χ1) is 11.0. The molecule has 0 bridgehead atoms. The minimum Gasteiger partial charge on any atom is -0.381 e. The van der Waals surface area contributed by atoms with E-state index >= 15 is 0 Å². The molecule has 3 atom stereocenters. The molecule has 0 radical (unpaired) electrons. The zero-order chi connectivity index (χ0) is 16.2. The molecule has 0 unspecified atom stereocenters. The Bertz CT molecular complexity index is 671. The monoisotopic (exact) mass is 310 g/mol. The number of methoxy groups -OCH3 is 1. The molecule has 1 fully saturated rings. The highest BCUT2D eigenvalue weighted by molar-refractivity contribution is 5.51. The summed E-state index contributed by atoms with van der Waals surface area (Å²) in [7, 11) is 1.89. The van der Waals surface area contributed by atoms with Crippen LogP contribution in [0.15, 0.2) is 29.3 Å². The van der Waals surface area contributed by atoms with Crippen LogP contribution >= 0.6 is 0 Å². The molecule has 0 heterocycles. The van der Waals surface area contributed by atoms with Gasteiger partial charge in [0.2, 0.25) is 0 Å². The van der Waals surface area contributed by atoms with Crippen LogP contribution in [-0.4, -0.2) is 13.2 Å². The van der Waals surface area contributed by atoms with Crippen LogP contribution in [0, 0.1) is 12.3 Å². The van der Waals surface area contributed by atoms with Crippen molar-refractivity contribution < 1.29 is 4.74 Å². The second kappa shape index (κ2) is 5.21. The molecule has 3 aliphatic rings. The van der Waals surface area contributed by atoms with Gasteiger partial charge >= 0.3 is 0 Å². The lowest BCUT2D eigenvalue weighted by Gasteiger charge is -2.49. The Hall–Kier alpha value is -1.08. The van der Waals surface area contributed by atoms with Gasteiger partial charge in [-0.3, -0.25) is 0 Å². The summed E-state index contributed by atoms with van der Waals surface area (Å²) in [6, 6.07) is 7.21. The second-order valence-corrected chi connectivity index (χ2v) is 8.38. The third-order valence-corrected chi connectivity index (χ3v) is 7.24. The smallest absolute Gasteiger partial charge is 0.0617 e. The van der Waals surface area contributed by atoms with E-state index in [0.29, 0.717) is 16.9 Å². The maximum absolute atomic E-state index is 5.77. The van der Waals surface area contributed by atoms with E-state index in [4.69, 9.17) is 4.74 Å². The van der Waals surface area contributed by atoms with Crippen LogP contribution in [0.2, 0.25) is 0 Å². The van der Waals surface area contributed by atoms with Crippen molar-refractivity contribution in [2.75, 3.05) is 7.11 Å². The van der Waals surface area contributed by atoms with E-state index in [0.717, 1.165) is 0 Å². The van der Waals surface area contributed by atoms with E-state index in [1.54, 1.807) is 22.3 Å². The van der Waals surface area contributed by atoms with Gasteiger partial charge in [-0.2, -0.15) is 0 Å². The molecule has 3 aliphatic carbocycles. The summed E-state index contributed by atoms with van der Waals surface area (Å²) in [6.45, 7) is 7.13. The van der Waals surface area contributed by atoms with E-state index in [2.05, 4.69) is 39.0 Å². The molecule has 1 aromatic carbocycles. The van der Waals surface area contributed by atoms with Crippen LogP contribution in [0.25, 0.3) is 0 Å². The van der Waals surface area contributed by atoms with Crippen molar-refractivity contribution in [3.8, 4) is 0 Å². The molecular formula is C22H30O. The highest BCUT2D eigenvalue weighted by Crippen LogP contribution is 2.61. The lowest BCUT2D eigenvalue weighted by molar-refractivity contribution is 0.0944. The summed E-state index contributed by atoms with van der Waals surface area (Å²) in [5.41, 5.74) is 8.94. The fraction of sp³-hybridized carbons (Fsp3) is 0.636. The molecule has 1 heteroatoms. The van der Waals surface area contributed by atoms with Crippen molar-refractivity contribution in [1.29, 1.82) is 0 Å². The number of hydrogen-bond donors (Lipinski definition) is 0. The Morgan fingerprint density at radius 3 is 2.74 bits per heavy atom. The second-order valence-electron chi connectivity index (χ2n) is 8.38. The van der Waals surface area contributed by atoms with Crippen LogP contribution in [-0.2, 0) is 16.6 Å². The predicted octanol–water partition coefficient (Wildman–Crippen LogP) is 5.49. The normalized spacial score (nSPS) is 35.7. The first kappa shape index (κ1) is 15.4. The van der Waals surface area contributed by atoms with Gasteiger partial charge in [-0.05, 0) is 68.4 Å². The van der Waals surface area contributed by atoms with Crippen molar-refractivity contribution >= 4 is 0 Å². The number of benzene rings is 1. The summed E-state index contributed by atoms with van der Waals surface area (Å²) in [4.78, 5) is 0. The minimum atomic E-state index is 0.318. The van der Waals surface area contributed by atoms with E-state index < -0.39 is 0 Å².